The molecule has 0 radical (unpaired) electrons. The van der Waals surface area contributed by atoms with Gasteiger partial charge in [-0.05, 0) is 87.9 Å². The summed E-state index contributed by atoms with van der Waals surface area (Å²) in [4.78, 5) is 29.0. The number of fused-ring (bicyclic) bond motifs is 1. The predicted molar refractivity (Wildman–Crippen MR) is 169 cm³/mol. The summed E-state index contributed by atoms with van der Waals surface area (Å²) in [5, 5.41) is 6.10. The highest BCUT2D eigenvalue weighted by Crippen LogP contribution is 2.37. The summed E-state index contributed by atoms with van der Waals surface area (Å²) in [5.74, 6) is 1.00. The van der Waals surface area contributed by atoms with Crippen molar-refractivity contribution in [3.8, 4) is 11.5 Å². The van der Waals surface area contributed by atoms with Gasteiger partial charge in [-0.15, -0.1) is 0 Å². The van der Waals surface area contributed by atoms with E-state index in [1.54, 1.807) is 6.07 Å². The lowest BCUT2D eigenvalue weighted by atomic mass is 9.73. The van der Waals surface area contributed by atoms with Gasteiger partial charge in [0.1, 0.15) is 18.1 Å². The Kier molecular flexibility index (Phi) is 10.8. The lowest BCUT2D eigenvalue weighted by molar-refractivity contribution is -0.134. The van der Waals surface area contributed by atoms with Gasteiger partial charge in [0, 0.05) is 26.2 Å². The number of likely N-dealkylation sites (tertiary alicyclic amines) is 1. The number of hydrogen-bond donors (Lipinski definition) is 2. The molecule has 44 heavy (non-hydrogen) atoms. The molecule has 2 N–H and O–H groups in total. The molecule has 10 nitrogen and oxygen atoms in total. The first-order valence-corrected chi connectivity index (χ1v) is 17.4. The van der Waals surface area contributed by atoms with Gasteiger partial charge in [0.15, 0.2) is 0 Å². The van der Waals surface area contributed by atoms with E-state index in [2.05, 4.69) is 21.6 Å². The van der Waals surface area contributed by atoms with Crippen molar-refractivity contribution in [1.82, 2.24) is 19.8 Å². The van der Waals surface area contributed by atoms with Crippen LogP contribution in [0.15, 0.2) is 47.4 Å². The van der Waals surface area contributed by atoms with Crippen molar-refractivity contribution in [3.63, 3.8) is 0 Å². The van der Waals surface area contributed by atoms with E-state index in [4.69, 9.17) is 9.47 Å². The monoisotopic (exact) mass is 626 g/mol. The Labute approximate surface area is 261 Å². The number of aryl methyl sites for hydroxylation is 1. The van der Waals surface area contributed by atoms with Gasteiger partial charge < -0.3 is 25.0 Å². The van der Waals surface area contributed by atoms with Gasteiger partial charge in [-0.25, -0.2) is 8.42 Å². The molecule has 5 rings (SSSR count). The fraction of sp³-hybridized carbons (Fsp3) is 0.576. The summed E-state index contributed by atoms with van der Waals surface area (Å²) in [7, 11) is -2.18. The molecule has 2 fully saturated rings. The first-order valence-electron chi connectivity index (χ1n) is 16.0. The molecular formula is C33H46N4O6S. The molecule has 0 unspecified atom stereocenters. The molecule has 240 valence electrons. The molecule has 3 heterocycles. The molecule has 11 heteroatoms. The number of ether oxygens (including phenoxy) is 2. The minimum absolute atomic E-state index is 0.105. The Hall–Kier alpha value is -3.15. The van der Waals surface area contributed by atoms with E-state index in [1.165, 1.54) is 29.1 Å². The summed E-state index contributed by atoms with van der Waals surface area (Å²) in [6, 6.07) is 12.6. The maximum Gasteiger partial charge on any atom is 0.255 e. The van der Waals surface area contributed by atoms with Crippen molar-refractivity contribution < 1.29 is 27.5 Å². The maximum absolute atomic E-state index is 13.4. The van der Waals surface area contributed by atoms with Crippen LogP contribution in [0.1, 0.15) is 67.3 Å². The Morgan fingerprint density at radius 3 is 2.55 bits per heavy atom. The highest BCUT2D eigenvalue weighted by atomic mass is 32.2. The molecule has 2 amide bonds. The fourth-order valence-corrected chi connectivity index (χ4v) is 8.18. The van der Waals surface area contributed by atoms with Gasteiger partial charge >= 0.3 is 0 Å². The number of nitrogens with zero attached hydrogens (tertiary/aromatic N) is 2. The summed E-state index contributed by atoms with van der Waals surface area (Å²) >= 11 is 0. The summed E-state index contributed by atoms with van der Waals surface area (Å²) in [6.07, 6.45) is 8.25. The average molecular weight is 627 g/mol. The number of carbonyl (C=O) groups is 2. The quantitative estimate of drug-likeness (QED) is 0.483. The van der Waals surface area contributed by atoms with Gasteiger partial charge in [-0.2, -0.15) is 4.31 Å². The van der Waals surface area contributed by atoms with Crippen LogP contribution in [0, 0.1) is 5.41 Å². The van der Waals surface area contributed by atoms with Gasteiger partial charge in [0.25, 0.3) is 5.91 Å². The Morgan fingerprint density at radius 2 is 1.77 bits per heavy atom. The number of hydrogen-bond acceptors (Lipinski definition) is 7. The van der Waals surface area contributed by atoms with Gasteiger partial charge in [-0.3, -0.25) is 9.59 Å². The number of benzene rings is 2. The van der Waals surface area contributed by atoms with Crippen LogP contribution in [0.25, 0.3) is 0 Å². The van der Waals surface area contributed by atoms with Crippen LogP contribution in [0.3, 0.4) is 0 Å². The first-order chi connectivity index (χ1) is 21.3. The molecule has 0 bridgehead atoms. The van der Waals surface area contributed by atoms with Crippen LogP contribution in [0.5, 0.6) is 11.5 Å². The lowest BCUT2D eigenvalue weighted by Crippen LogP contribution is -2.50. The third-order valence-electron chi connectivity index (χ3n) is 9.35. The number of methoxy groups -OCH3 is 1. The second-order valence-corrected chi connectivity index (χ2v) is 14.1. The van der Waals surface area contributed by atoms with Crippen molar-refractivity contribution in [2.75, 3.05) is 59.5 Å². The number of nitrogens with one attached hydrogen (secondary N) is 2. The molecular weight excluding hydrogens is 580 g/mol. The van der Waals surface area contributed by atoms with Crippen LogP contribution in [0.2, 0.25) is 0 Å². The zero-order valence-electron chi connectivity index (χ0n) is 25.8. The highest BCUT2D eigenvalue weighted by Gasteiger charge is 2.40. The minimum Gasteiger partial charge on any atom is -0.496 e. The Bertz CT molecular complexity index is 1400. The molecule has 0 saturated carbocycles. The van der Waals surface area contributed by atoms with Crippen LogP contribution in [-0.2, 0) is 21.2 Å². The minimum atomic E-state index is -3.65. The van der Waals surface area contributed by atoms with Crippen LogP contribution < -0.4 is 20.1 Å². The maximum atomic E-state index is 13.4. The molecule has 2 saturated heterocycles. The number of amides is 2. The predicted octanol–water partition coefficient (Wildman–Crippen LogP) is 3.60. The Morgan fingerprint density at radius 1 is 1.00 bits per heavy atom. The molecule has 3 aliphatic rings. The average Bonchev–Trinajstić information content (AvgIpc) is 3.60. The molecule has 3 aliphatic heterocycles. The molecule has 2 aromatic carbocycles. The topological polar surface area (TPSA) is 117 Å². The number of carbonyl (C=O) groups excluding carboxylic acids is 2. The molecule has 0 aromatic heterocycles. The second kappa shape index (κ2) is 14.8. The molecule has 1 spiro atoms. The van der Waals surface area contributed by atoms with Crippen LogP contribution in [0.4, 0.5) is 0 Å². The number of rotatable bonds is 7. The standard InChI is InChI=1S/C33H46N4O6S/c1-42-30-13-12-27(44(40,41)37-19-7-8-20-37)25-28(30)31(38)34-17-23-36-21-15-33(16-22-36)14-6-2-3-9-26-10-4-5-11-29(26)43-24-18-35-32(33)39/h4-5,10-13,25H,2-3,6-9,14-24H2,1H3,(H,34,38)(H,35,39). The molecule has 0 atom stereocenters. The number of para-hydroxylation sites is 1. The first kappa shape index (κ1) is 32.2. The second-order valence-electron chi connectivity index (χ2n) is 12.1. The van der Waals surface area contributed by atoms with E-state index in [-0.39, 0.29) is 27.7 Å². The van der Waals surface area contributed by atoms with E-state index in [0.717, 1.165) is 76.6 Å². The van der Waals surface area contributed by atoms with E-state index < -0.39 is 10.0 Å². The van der Waals surface area contributed by atoms with Crippen molar-refractivity contribution in [1.29, 1.82) is 0 Å². The summed E-state index contributed by atoms with van der Waals surface area (Å²) in [6.45, 7) is 4.52. The van der Waals surface area contributed by atoms with E-state index in [9.17, 15) is 18.0 Å². The number of sulfonamides is 1. The number of piperidine rings is 1. The molecule has 2 aromatic rings. The highest BCUT2D eigenvalue weighted by molar-refractivity contribution is 7.89. The lowest BCUT2D eigenvalue weighted by Gasteiger charge is -2.41. The zero-order chi connectivity index (χ0) is 31.0. The van der Waals surface area contributed by atoms with E-state index in [0.29, 0.717) is 45.1 Å². The van der Waals surface area contributed by atoms with E-state index in [1.807, 2.05) is 18.2 Å². The van der Waals surface area contributed by atoms with Crippen LogP contribution in [-0.4, -0.2) is 89.0 Å². The third-order valence-corrected chi connectivity index (χ3v) is 11.2. The van der Waals surface area contributed by atoms with E-state index >= 15 is 0 Å². The van der Waals surface area contributed by atoms with Crippen molar-refractivity contribution in [2.24, 2.45) is 5.41 Å². The van der Waals surface area contributed by atoms with Gasteiger partial charge in [-0.1, -0.05) is 31.0 Å². The largest absolute Gasteiger partial charge is 0.496 e. The molecule has 0 aliphatic carbocycles. The van der Waals surface area contributed by atoms with Crippen LogP contribution >= 0.6 is 0 Å². The fourth-order valence-electron chi connectivity index (χ4n) is 6.64. The smallest absolute Gasteiger partial charge is 0.255 e. The third kappa shape index (κ3) is 7.55. The van der Waals surface area contributed by atoms with Gasteiger partial charge in [0.2, 0.25) is 15.9 Å². The van der Waals surface area contributed by atoms with Crippen molar-refractivity contribution in [2.45, 2.75) is 62.7 Å². The van der Waals surface area contributed by atoms with Crippen molar-refractivity contribution >= 4 is 21.8 Å². The SMILES string of the molecule is COc1ccc(S(=O)(=O)N2CCCC2)cc1C(=O)NCCN1CCC2(CCCCCc3ccccc3OCCNC2=O)CC1. The Balaban J connectivity index is 1.13. The summed E-state index contributed by atoms with van der Waals surface area (Å²) in [5.41, 5.74) is 1.06. The summed E-state index contributed by atoms with van der Waals surface area (Å²) < 4.78 is 39.0. The zero-order valence-corrected chi connectivity index (χ0v) is 26.6. The van der Waals surface area contributed by atoms with Crippen molar-refractivity contribution in [3.05, 3.63) is 53.6 Å². The normalized spacial score (nSPS) is 20.3. The van der Waals surface area contributed by atoms with Gasteiger partial charge in [0.05, 0.1) is 29.5 Å².